The van der Waals surface area contributed by atoms with E-state index in [1.807, 2.05) is 0 Å². The molecule has 0 radical (unpaired) electrons. The van der Waals surface area contributed by atoms with E-state index in [4.69, 9.17) is 14.4 Å². The molecule has 0 aliphatic heterocycles. The summed E-state index contributed by atoms with van der Waals surface area (Å²) in [5.41, 5.74) is 1.49. The number of carbonyl (C=O) groups is 1. The molecule has 0 aliphatic carbocycles. The van der Waals surface area contributed by atoms with Crippen LogP contribution in [0.15, 0.2) is 28.9 Å². The molecule has 0 spiro atoms. The first-order valence-electron chi connectivity index (χ1n) is 6.16. The van der Waals surface area contributed by atoms with Gasteiger partial charge < -0.3 is 19.7 Å². The first-order chi connectivity index (χ1) is 10.2. The number of methoxy groups -OCH3 is 1. The Morgan fingerprint density at radius 1 is 1.52 bits per heavy atom. The van der Waals surface area contributed by atoms with E-state index in [2.05, 4.69) is 22.3 Å². The fraction of sp³-hybridized carbons (Fsp3) is 0.200. The second kappa shape index (κ2) is 6.59. The number of rotatable bonds is 3. The van der Waals surface area contributed by atoms with Gasteiger partial charge in [0, 0.05) is 5.56 Å². The number of carbonyl (C=O) groups excluding carboxylic acids is 1. The molecule has 0 unspecified atom stereocenters. The lowest BCUT2D eigenvalue weighted by atomic mass is 10.1. The molecule has 0 saturated heterocycles. The van der Waals surface area contributed by atoms with Crippen molar-refractivity contribution in [3.05, 3.63) is 41.3 Å². The first-order valence-corrected chi connectivity index (χ1v) is 6.16. The van der Waals surface area contributed by atoms with Crippen molar-refractivity contribution in [2.45, 2.75) is 6.92 Å². The molecule has 0 atom stereocenters. The van der Waals surface area contributed by atoms with Crippen molar-refractivity contribution >= 4 is 11.6 Å². The van der Waals surface area contributed by atoms with Crippen molar-refractivity contribution in [3.63, 3.8) is 0 Å². The fourth-order valence-electron chi connectivity index (χ4n) is 1.73. The maximum atomic E-state index is 12.1. The van der Waals surface area contributed by atoms with Gasteiger partial charge in [0.05, 0.1) is 19.0 Å². The maximum absolute atomic E-state index is 12.1. The Balaban J connectivity index is 2.29. The van der Waals surface area contributed by atoms with E-state index >= 15 is 0 Å². The molecule has 108 valence electrons. The van der Waals surface area contributed by atoms with E-state index in [0.717, 1.165) is 0 Å². The number of aromatic nitrogens is 1. The predicted molar refractivity (Wildman–Crippen MR) is 76.2 cm³/mol. The molecule has 6 nitrogen and oxygen atoms in total. The Kier molecular flexibility index (Phi) is 4.59. The van der Waals surface area contributed by atoms with Gasteiger partial charge in [0.1, 0.15) is 23.7 Å². The zero-order valence-electron chi connectivity index (χ0n) is 11.6. The molecule has 1 aromatic heterocycles. The second-order valence-corrected chi connectivity index (χ2v) is 4.12. The van der Waals surface area contributed by atoms with Gasteiger partial charge in [-0.15, -0.1) is 0 Å². The summed E-state index contributed by atoms with van der Waals surface area (Å²) in [6.07, 6.45) is 1.35. The maximum Gasteiger partial charge on any atom is 0.260 e. The highest BCUT2D eigenvalue weighted by Crippen LogP contribution is 2.26. The van der Waals surface area contributed by atoms with Crippen LogP contribution in [0.4, 0.5) is 5.69 Å². The van der Waals surface area contributed by atoms with Crippen LogP contribution in [0.25, 0.3) is 0 Å². The molecule has 1 amide bonds. The smallest absolute Gasteiger partial charge is 0.260 e. The normalized spacial score (nSPS) is 9.67. The minimum atomic E-state index is -0.348. The third-order valence-corrected chi connectivity index (χ3v) is 2.75. The van der Waals surface area contributed by atoms with Crippen molar-refractivity contribution in [1.82, 2.24) is 5.16 Å². The van der Waals surface area contributed by atoms with Crippen LogP contribution in [0.3, 0.4) is 0 Å². The van der Waals surface area contributed by atoms with Gasteiger partial charge in [0.25, 0.3) is 5.91 Å². The number of aliphatic hydroxyl groups excluding tert-OH is 1. The number of benzene rings is 1. The third kappa shape index (κ3) is 3.41. The van der Waals surface area contributed by atoms with Gasteiger partial charge in [-0.2, -0.15) is 0 Å². The highest BCUT2D eigenvalue weighted by Gasteiger charge is 2.15. The lowest BCUT2D eigenvalue weighted by molar-refractivity contribution is 0.102. The van der Waals surface area contributed by atoms with Crippen LogP contribution in [-0.2, 0) is 0 Å². The van der Waals surface area contributed by atoms with Crippen LogP contribution < -0.4 is 10.1 Å². The van der Waals surface area contributed by atoms with E-state index in [1.54, 1.807) is 25.1 Å². The molecule has 2 N–H and O–H groups in total. The number of hydrogen-bond acceptors (Lipinski definition) is 5. The van der Waals surface area contributed by atoms with Crippen LogP contribution >= 0.6 is 0 Å². The van der Waals surface area contributed by atoms with E-state index in [-0.39, 0.29) is 12.5 Å². The number of aliphatic hydroxyl groups is 1. The predicted octanol–water partition coefficient (Wildman–Crippen LogP) is 1.59. The third-order valence-electron chi connectivity index (χ3n) is 2.75. The molecule has 6 heteroatoms. The number of anilines is 1. The average molecular weight is 286 g/mol. The Hall–Kier alpha value is -2.78. The molecule has 21 heavy (non-hydrogen) atoms. The van der Waals surface area contributed by atoms with Crippen molar-refractivity contribution < 1.29 is 19.2 Å². The number of nitrogens with one attached hydrogen (secondary N) is 1. The average Bonchev–Trinajstić information content (AvgIpc) is 2.91. The Morgan fingerprint density at radius 2 is 2.33 bits per heavy atom. The van der Waals surface area contributed by atoms with E-state index in [0.29, 0.717) is 28.3 Å². The largest absolute Gasteiger partial charge is 0.495 e. The van der Waals surface area contributed by atoms with Gasteiger partial charge in [-0.25, -0.2) is 0 Å². The molecular weight excluding hydrogens is 272 g/mol. The van der Waals surface area contributed by atoms with Crippen LogP contribution in [0, 0.1) is 18.8 Å². The molecule has 0 bridgehead atoms. The van der Waals surface area contributed by atoms with Crippen LogP contribution in [-0.4, -0.2) is 29.9 Å². The number of nitrogens with zero attached hydrogens (tertiary/aromatic N) is 1. The highest BCUT2D eigenvalue weighted by atomic mass is 16.5. The van der Waals surface area contributed by atoms with Gasteiger partial charge in [-0.1, -0.05) is 17.0 Å². The van der Waals surface area contributed by atoms with E-state index in [1.165, 1.54) is 13.3 Å². The highest BCUT2D eigenvalue weighted by molar-refractivity contribution is 6.05. The van der Waals surface area contributed by atoms with Gasteiger partial charge in [0.2, 0.25) is 0 Å². The molecule has 1 heterocycles. The van der Waals surface area contributed by atoms with Crippen LogP contribution in [0.1, 0.15) is 21.7 Å². The second-order valence-electron chi connectivity index (χ2n) is 4.12. The lowest BCUT2D eigenvalue weighted by Gasteiger charge is -2.10. The van der Waals surface area contributed by atoms with Crippen LogP contribution in [0.5, 0.6) is 5.75 Å². The number of aryl methyl sites for hydroxylation is 1. The lowest BCUT2D eigenvalue weighted by Crippen LogP contribution is -2.13. The molecule has 2 rings (SSSR count). The molecule has 1 aromatic carbocycles. The summed E-state index contributed by atoms with van der Waals surface area (Å²) in [6.45, 7) is 1.43. The molecular formula is C15H14N2O4. The molecule has 0 saturated carbocycles. The van der Waals surface area contributed by atoms with Gasteiger partial charge in [-0.05, 0) is 25.1 Å². The number of ether oxygens (including phenoxy) is 1. The summed E-state index contributed by atoms with van der Waals surface area (Å²) in [6, 6.07) is 5.10. The molecule has 0 fully saturated rings. The molecule has 0 aliphatic rings. The summed E-state index contributed by atoms with van der Waals surface area (Å²) in [7, 11) is 1.51. The van der Waals surface area contributed by atoms with E-state index < -0.39 is 0 Å². The van der Waals surface area contributed by atoms with Crippen molar-refractivity contribution in [2.24, 2.45) is 0 Å². The summed E-state index contributed by atoms with van der Waals surface area (Å²) >= 11 is 0. The van der Waals surface area contributed by atoms with Gasteiger partial charge >= 0.3 is 0 Å². The number of amides is 1. The SMILES string of the molecule is COc1ccc(C#CCO)cc1NC(=O)c1cnoc1C. The van der Waals surface area contributed by atoms with Crippen LogP contribution in [0.2, 0.25) is 0 Å². The zero-order valence-corrected chi connectivity index (χ0v) is 11.6. The quantitative estimate of drug-likeness (QED) is 0.837. The summed E-state index contributed by atoms with van der Waals surface area (Å²) in [4.78, 5) is 12.1. The standard InChI is InChI=1S/C15H14N2O4/c1-10-12(9-16-21-10)15(19)17-13-8-11(4-3-7-18)5-6-14(13)20-2/h5-6,8-9,18H,7H2,1-2H3,(H,17,19). The minimum absolute atomic E-state index is 0.229. The Morgan fingerprint density at radius 3 is 2.95 bits per heavy atom. The molecule has 2 aromatic rings. The van der Waals surface area contributed by atoms with Crippen molar-refractivity contribution in [3.8, 4) is 17.6 Å². The Bertz CT molecular complexity index is 710. The topological polar surface area (TPSA) is 84.6 Å². The Labute approximate surface area is 121 Å². The fourth-order valence-corrected chi connectivity index (χ4v) is 1.73. The van der Waals surface area contributed by atoms with Gasteiger partial charge in [-0.3, -0.25) is 4.79 Å². The van der Waals surface area contributed by atoms with E-state index in [9.17, 15) is 4.79 Å². The summed E-state index contributed by atoms with van der Waals surface area (Å²) in [5.74, 6) is 5.91. The van der Waals surface area contributed by atoms with Crippen molar-refractivity contribution in [1.29, 1.82) is 0 Å². The monoisotopic (exact) mass is 286 g/mol. The zero-order chi connectivity index (χ0) is 15.2. The minimum Gasteiger partial charge on any atom is -0.495 e. The number of hydrogen-bond donors (Lipinski definition) is 2. The first kappa shape index (κ1) is 14.6. The van der Waals surface area contributed by atoms with Crippen molar-refractivity contribution in [2.75, 3.05) is 19.0 Å². The summed E-state index contributed by atoms with van der Waals surface area (Å²) in [5, 5.41) is 15.0. The summed E-state index contributed by atoms with van der Waals surface area (Å²) < 4.78 is 10.1. The van der Waals surface area contributed by atoms with Gasteiger partial charge in [0.15, 0.2) is 0 Å².